The molecule has 0 unspecified atom stereocenters. The molecule has 1 aromatic rings. The summed E-state index contributed by atoms with van der Waals surface area (Å²) in [7, 11) is -4.11. The van der Waals surface area contributed by atoms with Crippen molar-refractivity contribution in [2.24, 2.45) is 5.92 Å². The molecule has 1 aliphatic heterocycles. The van der Waals surface area contributed by atoms with Gasteiger partial charge in [0.1, 0.15) is 6.54 Å². The van der Waals surface area contributed by atoms with Crippen LogP contribution >= 0.6 is 0 Å². The molecule has 0 aromatic heterocycles. The molecule has 2 rings (SSSR count). The van der Waals surface area contributed by atoms with E-state index in [-0.39, 0.29) is 44.5 Å². The first-order valence-corrected chi connectivity index (χ1v) is 10.5. The molecule has 1 heterocycles. The first kappa shape index (κ1) is 23.1. The number of benzene rings is 1. The average Bonchev–Trinajstić information content (AvgIpc) is 2.65. The number of amides is 1. The van der Waals surface area contributed by atoms with Crippen molar-refractivity contribution in [3.8, 4) is 0 Å². The molecule has 1 saturated heterocycles. The number of sulfonamides is 1. The number of nitrogens with zero attached hydrogens (tertiary/aromatic N) is 1. The van der Waals surface area contributed by atoms with Gasteiger partial charge in [-0.25, -0.2) is 8.42 Å². The Morgan fingerprint density at radius 3 is 2.41 bits per heavy atom. The average molecular weight is 436 g/mol. The van der Waals surface area contributed by atoms with Crippen molar-refractivity contribution in [3.63, 3.8) is 0 Å². The highest BCUT2D eigenvalue weighted by atomic mass is 32.2. The quantitative estimate of drug-likeness (QED) is 0.690. The zero-order valence-electron chi connectivity index (χ0n) is 16.0. The Balaban J connectivity index is 1.96. The summed E-state index contributed by atoms with van der Waals surface area (Å²) in [5, 5.41) is 2.46. The summed E-state index contributed by atoms with van der Waals surface area (Å²) in [6.07, 6.45) is -4.55. The summed E-state index contributed by atoms with van der Waals surface area (Å²) in [5.74, 6) is -1.45. The van der Waals surface area contributed by atoms with E-state index in [1.165, 1.54) is 0 Å². The Morgan fingerprint density at radius 2 is 1.86 bits per heavy atom. The maximum Gasteiger partial charge on any atom is 0.416 e. The maximum atomic E-state index is 12.9. The number of hydrogen-bond donors (Lipinski definition) is 1. The van der Waals surface area contributed by atoms with Crippen molar-refractivity contribution in [2.45, 2.75) is 43.9 Å². The fourth-order valence-corrected chi connectivity index (χ4v) is 4.46. The van der Waals surface area contributed by atoms with E-state index in [1.54, 1.807) is 13.8 Å². The lowest BCUT2D eigenvalue weighted by Crippen LogP contribution is -2.44. The molecule has 162 valence electrons. The second-order valence-electron chi connectivity index (χ2n) is 6.96. The summed E-state index contributed by atoms with van der Waals surface area (Å²) in [5.41, 5.74) is -1.04. The van der Waals surface area contributed by atoms with Crippen molar-refractivity contribution < 1.29 is 35.9 Å². The van der Waals surface area contributed by atoms with Crippen LogP contribution in [0.15, 0.2) is 29.2 Å². The van der Waals surface area contributed by atoms with E-state index in [0.717, 1.165) is 22.5 Å². The molecule has 1 amide bonds. The standard InChI is InChI=1S/C18H23F3N2O5S/c1-12(2)28-16(24)11-22-17(25)13-6-8-23(9-7-13)29(26,27)15-5-3-4-14(10-15)18(19,20)21/h3-5,10,12-13H,6-9,11H2,1-2H3,(H,22,25). The normalized spacial score (nSPS) is 16.6. The molecule has 0 atom stereocenters. The lowest BCUT2D eigenvalue weighted by Gasteiger charge is -2.30. The number of hydrogen-bond acceptors (Lipinski definition) is 5. The van der Waals surface area contributed by atoms with E-state index in [2.05, 4.69) is 5.32 Å². The van der Waals surface area contributed by atoms with Crippen LogP contribution in [0.5, 0.6) is 0 Å². The van der Waals surface area contributed by atoms with Gasteiger partial charge < -0.3 is 10.1 Å². The van der Waals surface area contributed by atoms with Gasteiger partial charge in [0.05, 0.1) is 16.6 Å². The maximum absolute atomic E-state index is 12.9. The SMILES string of the molecule is CC(C)OC(=O)CNC(=O)C1CCN(S(=O)(=O)c2cccc(C(F)(F)F)c2)CC1. The van der Waals surface area contributed by atoms with Gasteiger partial charge in [-0.05, 0) is 44.9 Å². The molecule has 29 heavy (non-hydrogen) atoms. The summed E-state index contributed by atoms with van der Waals surface area (Å²) in [6, 6.07) is 3.57. The molecule has 1 aliphatic rings. The fourth-order valence-electron chi connectivity index (χ4n) is 2.95. The Bertz CT molecular complexity index is 847. The number of alkyl halides is 3. The highest BCUT2D eigenvalue weighted by molar-refractivity contribution is 7.89. The molecule has 1 N–H and O–H groups in total. The highest BCUT2D eigenvalue weighted by Gasteiger charge is 2.35. The van der Waals surface area contributed by atoms with Crippen LogP contribution in [0.25, 0.3) is 0 Å². The number of nitrogens with one attached hydrogen (secondary N) is 1. The predicted molar refractivity (Wildman–Crippen MR) is 97.2 cm³/mol. The van der Waals surface area contributed by atoms with Gasteiger partial charge in [0.2, 0.25) is 15.9 Å². The minimum Gasteiger partial charge on any atom is -0.462 e. The monoisotopic (exact) mass is 436 g/mol. The molecule has 0 spiro atoms. The zero-order chi connectivity index (χ0) is 21.8. The molecule has 0 radical (unpaired) electrons. The largest absolute Gasteiger partial charge is 0.462 e. The Labute approximate surface area is 167 Å². The molecule has 0 aliphatic carbocycles. The third-order valence-corrected chi connectivity index (χ3v) is 6.29. The second kappa shape index (κ2) is 9.12. The number of piperidine rings is 1. The molecule has 1 fully saturated rings. The van der Waals surface area contributed by atoms with Crippen molar-refractivity contribution in [2.75, 3.05) is 19.6 Å². The number of carbonyl (C=O) groups is 2. The predicted octanol–water partition coefficient (Wildman–Crippen LogP) is 2.17. The summed E-state index contributed by atoms with van der Waals surface area (Å²) in [4.78, 5) is 23.2. The molecular formula is C18H23F3N2O5S. The van der Waals surface area contributed by atoms with Gasteiger partial charge >= 0.3 is 12.1 Å². The van der Waals surface area contributed by atoms with E-state index in [0.29, 0.717) is 6.07 Å². The Morgan fingerprint density at radius 1 is 1.24 bits per heavy atom. The number of halogens is 3. The molecule has 1 aromatic carbocycles. The van der Waals surface area contributed by atoms with Crippen LogP contribution in [-0.2, 0) is 30.5 Å². The van der Waals surface area contributed by atoms with Crippen LogP contribution in [-0.4, -0.2) is 50.3 Å². The molecule has 7 nitrogen and oxygen atoms in total. The smallest absolute Gasteiger partial charge is 0.416 e. The van der Waals surface area contributed by atoms with Crippen LogP contribution in [0.2, 0.25) is 0 Å². The lowest BCUT2D eigenvalue weighted by molar-refractivity contribution is -0.147. The second-order valence-corrected chi connectivity index (χ2v) is 8.90. The van der Waals surface area contributed by atoms with Crippen LogP contribution in [0.4, 0.5) is 13.2 Å². The molecule has 0 saturated carbocycles. The summed E-state index contributed by atoms with van der Waals surface area (Å²) >= 11 is 0. The lowest BCUT2D eigenvalue weighted by atomic mass is 9.97. The highest BCUT2D eigenvalue weighted by Crippen LogP contribution is 2.32. The van der Waals surface area contributed by atoms with E-state index in [4.69, 9.17) is 4.74 Å². The topological polar surface area (TPSA) is 92.8 Å². The number of ether oxygens (including phenoxy) is 1. The number of rotatable bonds is 6. The van der Waals surface area contributed by atoms with Crippen molar-refractivity contribution in [1.29, 1.82) is 0 Å². The Hall–Kier alpha value is -2.14. The third kappa shape index (κ3) is 6.17. The molecule has 11 heteroatoms. The third-order valence-electron chi connectivity index (χ3n) is 4.40. The van der Waals surface area contributed by atoms with Crippen molar-refractivity contribution >= 4 is 21.9 Å². The van der Waals surface area contributed by atoms with E-state index < -0.39 is 38.5 Å². The van der Waals surface area contributed by atoms with Crippen LogP contribution in [0.1, 0.15) is 32.3 Å². The van der Waals surface area contributed by atoms with Gasteiger partial charge in [-0.15, -0.1) is 0 Å². The van der Waals surface area contributed by atoms with Gasteiger partial charge in [-0.2, -0.15) is 17.5 Å². The first-order valence-electron chi connectivity index (χ1n) is 9.06. The van der Waals surface area contributed by atoms with Crippen LogP contribution in [0, 0.1) is 5.92 Å². The first-order chi connectivity index (χ1) is 13.4. The van der Waals surface area contributed by atoms with E-state index in [1.807, 2.05) is 0 Å². The van der Waals surface area contributed by atoms with Crippen molar-refractivity contribution in [1.82, 2.24) is 9.62 Å². The number of carbonyl (C=O) groups excluding carboxylic acids is 2. The van der Waals surface area contributed by atoms with Crippen LogP contribution in [0.3, 0.4) is 0 Å². The van der Waals surface area contributed by atoms with Gasteiger partial charge in [-0.3, -0.25) is 9.59 Å². The summed E-state index contributed by atoms with van der Waals surface area (Å²) in [6.45, 7) is 3.07. The van der Waals surface area contributed by atoms with Gasteiger partial charge in [0, 0.05) is 19.0 Å². The zero-order valence-corrected chi connectivity index (χ0v) is 16.8. The van der Waals surface area contributed by atoms with Crippen molar-refractivity contribution in [3.05, 3.63) is 29.8 Å². The van der Waals surface area contributed by atoms with Gasteiger partial charge in [-0.1, -0.05) is 6.07 Å². The van der Waals surface area contributed by atoms with E-state index >= 15 is 0 Å². The summed E-state index contributed by atoms with van der Waals surface area (Å²) < 4.78 is 69.8. The van der Waals surface area contributed by atoms with E-state index in [9.17, 15) is 31.2 Å². The van der Waals surface area contributed by atoms with Crippen LogP contribution < -0.4 is 5.32 Å². The van der Waals surface area contributed by atoms with Gasteiger partial charge in [0.25, 0.3) is 0 Å². The minimum absolute atomic E-state index is 0.00684. The Kier molecular flexibility index (Phi) is 7.28. The minimum atomic E-state index is -4.65. The number of esters is 1. The molecular weight excluding hydrogens is 413 g/mol. The van der Waals surface area contributed by atoms with Gasteiger partial charge in [0.15, 0.2) is 0 Å². The molecule has 0 bridgehead atoms. The fraction of sp³-hybridized carbons (Fsp3) is 0.556.